The van der Waals surface area contributed by atoms with Gasteiger partial charge in [0.25, 0.3) is 0 Å². The summed E-state index contributed by atoms with van der Waals surface area (Å²) in [5.41, 5.74) is 0. The fourth-order valence-electron chi connectivity index (χ4n) is 0. The second kappa shape index (κ2) is 10.1. The van der Waals surface area contributed by atoms with Crippen LogP contribution in [0.5, 0.6) is 0 Å². The van der Waals surface area contributed by atoms with Crippen LogP contribution in [0.15, 0.2) is 5.29 Å². The molecule has 0 radical (unpaired) electrons. The molecule has 0 rings (SSSR count). The van der Waals surface area contributed by atoms with Gasteiger partial charge in [-0.25, -0.2) is 10.1 Å². The van der Waals surface area contributed by atoms with Crippen LogP contribution < -0.4 is 59.1 Å². The second-order valence-corrected chi connectivity index (χ2v) is 0.319. The van der Waals surface area contributed by atoms with Gasteiger partial charge in [-0.2, -0.15) is 0 Å². The number of nitroso groups, excluding NO2 is 1. The van der Waals surface area contributed by atoms with Gasteiger partial charge < -0.3 is 0 Å². The molecule has 0 aliphatic rings. The number of hydrogen-bond donors (Lipinski definition) is 0. The summed E-state index contributed by atoms with van der Waals surface area (Å²) in [5, 5.41) is 8.75. The summed E-state index contributed by atoms with van der Waals surface area (Å²) >= 11 is 0. The number of nitrogens with zero attached hydrogens (tertiary/aromatic N) is 2. The maximum atomic E-state index is 8.69. The molecule has 0 aliphatic carbocycles. The molecular formula is N2Na2O3+2. The molecule has 0 aromatic heterocycles. The van der Waals surface area contributed by atoms with E-state index in [0.29, 0.717) is 0 Å². The van der Waals surface area contributed by atoms with Crippen molar-refractivity contribution in [3.63, 3.8) is 0 Å². The Labute approximate surface area is 83.5 Å². The fraction of sp³-hybridized carbons (Fsp3) is 0. The van der Waals surface area contributed by atoms with Gasteiger partial charge in [0.05, 0.1) is 0 Å². The number of rotatable bonds is 1. The first-order valence-corrected chi connectivity index (χ1v) is 0.748. The molecule has 0 aliphatic heterocycles. The molecule has 0 aromatic carbocycles. The van der Waals surface area contributed by atoms with E-state index in [2.05, 4.69) is 0 Å². The third-order valence-corrected chi connectivity index (χ3v) is 0.0667. The largest absolute Gasteiger partial charge is 1.00 e. The SMILES string of the molecule is O=N[N+](=O)[O-].[Na+].[Na+]. The molecule has 0 saturated heterocycles. The average Bonchev–Trinajstić information content (AvgIpc) is 1.38. The molecule has 0 unspecified atom stereocenters. The predicted molar refractivity (Wildman–Crippen MR) is 12.8 cm³/mol. The van der Waals surface area contributed by atoms with Gasteiger partial charge >= 0.3 is 64.4 Å². The predicted octanol–water partition coefficient (Wildman–Crippen LogP) is -6.05. The van der Waals surface area contributed by atoms with Crippen LogP contribution >= 0.6 is 0 Å². The molecule has 7 heavy (non-hydrogen) atoms. The molecule has 0 atom stereocenters. The Morgan fingerprint density at radius 2 is 1.57 bits per heavy atom. The van der Waals surface area contributed by atoms with Crippen molar-refractivity contribution in [2.24, 2.45) is 5.29 Å². The topological polar surface area (TPSA) is 72.6 Å². The quantitative estimate of drug-likeness (QED) is 0.150. The summed E-state index contributed by atoms with van der Waals surface area (Å²) in [4.78, 5) is 17.2. The van der Waals surface area contributed by atoms with Crippen LogP contribution in [0.4, 0.5) is 0 Å². The maximum absolute atomic E-state index is 8.69. The fourth-order valence-corrected chi connectivity index (χ4v) is 0. The van der Waals surface area contributed by atoms with Crippen LogP contribution in [0.1, 0.15) is 0 Å². The van der Waals surface area contributed by atoms with E-state index in [4.69, 9.17) is 15.0 Å². The Morgan fingerprint density at radius 3 is 1.57 bits per heavy atom. The maximum Gasteiger partial charge on any atom is 1.00 e. The van der Waals surface area contributed by atoms with Crippen molar-refractivity contribution in [2.75, 3.05) is 0 Å². The molecule has 0 saturated carbocycles. The molecule has 0 spiro atoms. The minimum atomic E-state index is -1.31. The first kappa shape index (κ1) is 15.7. The van der Waals surface area contributed by atoms with Gasteiger partial charge in [-0.15, -0.1) is 0 Å². The molecule has 0 bridgehead atoms. The Bertz CT molecular complexity index is 62.0. The van der Waals surface area contributed by atoms with Crippen LogP contribution in [-0.2, 0) is 0 Å². The van der Waals surface area contributed by atoms with Crippen LogP contribution in [0.3, 0.4) is 0 Å². The zero-order valence-corrected chi connectivity index (χ0v) is 8.12. The Morgan fingerprint density at radius 1 is 1.43 bits per heavy atom. The van der Waals surface area contributed by atoms with Gasteiger partial charge in [-0.3, -0.25) is 0 Å². The molecule has 0 fully saturated rings. The van der Waals surface area contributed by atoms with Crippen molar-refractivity contribution in [3.05, 3.63) is 15.0 Å². The second-order valence-electron chi connectivity index (χ2n) is 0.319. The molecule has 5 nitrogen and oxygen atoms in total. The van der Waals surface area contributed by atoms with Crippen molar-refractivity contribution < 1.29 is 64.1 Å². The van der Waals surface area contributed by atoms with Gasteiger partial charge in [-0.05, 0) is 0 Å². The molecule has 0 amide bonds. The van der Waals surface area contributed by atoms with Crippen molar-refractivity contribution in [2.45, 2.75) is 0 Å². The summed E-state index contributed by atoms with van der Waals surface area (Å²) in [6, 6.07) is 0. The monoisotopic (exact) mass is 122 g/mol. The third kappa shape index (κ3) is 19.4. The van der Waals surface area contributed by atoms with Crippen molar-refractivity contribution in [1.82, 2.24) is 0 Å². The smallest absolute Gasteiger partial charge is 0.230 e. The van der Waals surface area contributed by atoms with E-state index < -0.39 is 5.03 Å². The normalized spacial score (nSPS) is 4.57. The first-order valence-electron chi connectivity index (χ1n) is 0.748. The molecule has 0 N–H and O–H groups in total. The number of hydrogen-bond acceptors (Lipinski definition) is 3. The average molecular weight is 122 g/mol. The van der Waals surface area contributed by atoms with Gasteiger partial charge in [0.1, 0.15) is 0 Å². The van der Waals surface area contributed by atoms with E-state index in [9.17, 15) is 0 Å². The van der Waals surface area contributed by atoms with E-state index in [1.54, 1.807) is 0 Å². The van der Waals surface area contributed by atoms with Crippen LogP contribution in [0.2, 0.25) is 0 Å². The van der Waals surface area contributed by atoms with Crippen LogP contribution in [0.25, 0.3) is 0 Å². The zero-order chi connectivity index (χ0) is 4.28. The van der Waals surface area contributed by atoms with Crippen molar-refractivity contribution >= 4 is 0 Å². The van der Waals surface area contributed by atoms with Crippen LogP contribution in [0, 0.1) is 15.0 Å². The summed E-state index contributed by atoms with van der Waals surface area (Å²) in [7, 11) is 0. The van der Waals surface area contributed by atoms with Crippen LogP contribution in [-0.4, -0.2) is 5.03 Å². The standard InChI is InChI=1S/N2O3.2Na/c3-1-2(4)5;;/q;2*+1. The molecule has 0 heterocycles. The minimum absolute atomic E-state index is 0. The minimum Gasteiger partial charge on any atom is -0.230 e. The van der Waals surface area contributed by atoms with Gasteiger partial charge in [0, 0.05) is 0 Å². The van der Waals surface area contributed by atoms with E-state index in [1.165, 1.54) is 5.29 Å². The van der Waals surface area contributed by atoms with Gasteiger partial charge in [0.15, 0.2) is 0 Å². The summed E-state index contributed by atoms with van der Waals surface area (Å²) in [6.07, 6.45) is 0. The summed E-state index contributed by atoms with van der Waals surface area (Å²) < 4.78 is 0. The molecule has 0 aromatic rings. The van der Waals surface area contributed by atoms with Gasteiger partial charge in [-0.1, -0.05) is 4.91 Å². The van der Waals surface area contributed by atoms with Crippen molar-refractivity contribution in [3.8, 4) is 0 Å². The Kier molecular flexibility index (Phi) is 22.6. The van der Waals surface area contributed by atoms with E-state index in [0.717, 1.165) is 0 Å². The third-order valence-electron chi connectivity index (χ3n) is 0.0667. The summed E-state index contributed by atoms with van der Waals surface area (Å²) in [5.74, 6) is 0. The Hall–Kier alpha value is 1.00. The van der Waals surface area contributed by atoms with E-state index >= 15 is 0 Å². The first-order chi connectivity index (χ1) is 2.27. The summed E-state index contributed by atoms with van der Waals surface area (Å²) in [6.45, 7) is 0. The Balaban J connectivity index is -0.0000000800. The molecule has 7 heteroatoms. The molecular weight excluding hydrogens is 122 g/mol. The molecule has 28 valence electrons. The number of nitro groups is 1. The van der Waals surface area contributed by atoms with E-state index in [-0.39, 0.29) is 59.1 Å². The van der Waals surface area contributed by atoms with Gasteiger partial charge in [0.2, 0.25) is 5.03 Å². The van der Waals surface area contributed by atoms with E-state index in [1.807, 2.05) is 0 Å². The van der Waals surface area contributed by atoms with Crippen molar-refractivity contribution in [1.29, 1.82) is 0 Å². The zero-order valence-electron chi connectivity index (χ0n) is 4.12.